The zero-order valence-corrected chi connectivity index (χ0v) is 19.8. The summed E-state index contributed by atoms with van der Waals surface area (Å²) in [5, 5.41) is 12.2. The lowest BCUT2D eigenvalue weighted by molar-refractivity contribution is -0.112. The van der Waals surface area contributed by atoms with E-state index < -0.39 is 16.0 Å². The third-order valence-electron chi connectivity index (χ3n) is 4.76. The van der Waals surface area contributed by atoms with Crippen molar-refractivity contribution in [3.05, 3.63) is 89.0 Å². The Hall–Kier alpha value is -4.09. The third-order valence-corrected chi connectivity index (χ3v) is 6.01. The number of benzene rings is 3. The van der Waals surface area contributed by atoms with Crippen molar-refractivity contribution in [2.24, 2.45) is 0 Å². The van der Waals surface area contributed by atoms with E-state index in [9.17, 15) is 18.5 Å². The van der Waals surface area contributed by atoms with Gasteiger partial charge in [-0.05, 0) is 68.8 Å². The van der Waals surface area contributed by atoms with Crippen molar-refractivity contribution in [2.45, 2.75) is 25.7 Å². The molecule has 3 aromatic rings. The summed E-state index contributed by atoms with van der Waals surface area (Å²) in [6.07, 6.45) is 1.39. The molecule has 0 spiro atoms. The second-order valence-corrected chi connectivity index (χ2v) is 9.03. The van der Waals surface area contributed by atoms with Crippen LogP contribution in [0.2, 0.25) is 0 Å². The Morgan fingerprint density at radius 1 is 0.971 bits per heavy atom. The molecule has 3 rings (SSSR count). The topological polar surface area (TPSA) is 105 Å². The molecule has 3 aromatic carbocycles. The van der Waals surface area contributed by atoms with E-state index in [2.05, 4.69) is 5.32 Å². The van der Waals surface area contributed by atoms with E-state index in [1.165, 1.54) is 30.3 Å². The van der Waals surface area contributed by atoms with Gasteiger partial charge in [0.05, 0.1) is 6.61 Å². The van der Waals surface area contributed by atoms with Gasteiger partial charge in [0, 0.05) is 5.69 Å². The second kappa shape index (κ2) is 10.7. The van der Waals surface area contributed by atoms with Gasteiger partial charge in [0.2, 0.25) is 0 Å². The Balaban J connectivity index is 1.86. The molecule has 0 unspecified atom stereocenters. The first-order valence-electron chi connectivity index (χ1n) is 10.5. The van der Waals surface area contributed by atoms with Crippen LogP contribution in [-0.2, 0) is 14.9 Å². The van der Waals surface area contributed by atoms with Crippen molar-refractivity contribution in [2.75, 3.05) is 11.9 Å². The van der Waals surface area contributed by atoms with Crippen LogP contribution >= 0.6 is 0 Å². The van der Waals surface area contributed by atoms with E-state index in [4.69, 9.17) is 8.92 Å². The molecule has 1 amide bonds. The van der Waals surface area contributed by atoms with Crippen LogP contribution in [0.15, 0.2) is 77.2 Å². The number of rotatable bonds is 8. The van der Waals surface area contributed by atoms with Crippen molar-refractivity contribution in [1.29, 1.82) is 5.26 Å². The monoisotopic (exact) mass is 476 g/mol. The van der Waals surface area contributed by atoms with Crippen molar-refractivity contribution in [3.63, 3.8) is 0 Å². The van der Waals surface area contributed by atoms with Crippen molar-refractivity contribution in [1.82, 2.24) is 0 Å². The van der Waals surface area contributed by atoms with Gasteiger partial charge in [0.15, 0.2) is 11.5 Å². The van der Waals surface area contributed by atoms with Crippen LogP contribution in [0.4, 0.5) is 5.69 Å². The number of carbonyl (C=O) groups is 1. The van der Waals surface area contributed by atoms with E-state index >= 15 is 0 Å². The zero-order valence-electron chi connectivity index (χ0n) is 19.0. The smallest absolute Gasteiger partial charge is 0.339 e. The molecule has 34 heavy (non-hydrogen) atoms. The van der Waals surface area contributed by atoms with E-state index in [-0.39, 0.29) is 28.6 Å². The summed E-state index contributed by atoms with van der Waals surface area (Å²) in [5.74, 6) is -0.392. The van der Waals surface area contributed by atoms with Crippen molar-refractivity contribution < 1.29 is 22.1 Å². The second-order valence-electron chi connectivity index (χ2n) is 7.48. The number of nitrogens with one attached hydrogen (secondary N) is 1. The number of anilines is 1. The first kappa shape index (κ1) is 24.6. The molecule has 1 N–H and O–H groups in total. The van der Waals surface area contributed by atoms with Crippen LogP contribution in [0.5, 0.6) is 11.5 Å². The Morgan fingerprint density at radius 2 is 1.59 bits per heavy atom. The number of hydrogen-bond acceptors (Lipinski definition) is 6. The molecule has 0 saturated heterocycles. The molecule has 7 nitrogen and oxygen atoms in total. The van der Waals surface area contributed by atoms with Crippen LogP contribution in [0.3, 0.4) is 0 Å². The largest absolute Gasteiger partial charge is 0.490 e. The van der Waals surface area contributed by atoms with E-state index in [1.54, 1.807) is 37.3 Å². The number of hydrogen-bond donors (Lipinski definition) is 1. The molecule has 174 valence electrons. The molecule has 0 heterocycles. The standard InChI is InChI=1S/C26H24N2O5S/c1-4-32-25-16-20(15-21(17-27)26(29)28-22-10-5-18(2)6-11-22)9-14-24(25)33-34(30,31)23-12-7-19(3)8-13-23/h5-16H,4H2,1-3H3,(H,28,29)/b21-15+. The predicted octanol–water partition coefficient (Wildman–Crippen LogP) is 5.02. The molecule has 8 heteroatoms. The molecular weight excluding hydrogens is 452 g/mol. The summed E-state index contributed by atoms with van der Waals surface area (Å²) in [7, 11) is -4.07. The van der Waals surface area contributed by atoms with Crippen LogP contribution < -0.4 is 14.2 Å². The van der Waals surface area contributed by atoms with Gasteiger partial charge in [0.1, 0.15) is 16.5 Å². The average molecular weight is 477 g/mol. The van der Waals surface area contributed by atoms with E-state index in [0.29, 0.717) is 11.3 Å². The quantitative estimate of drug-likeness (QED) is 0.278. The summed E-state index contributed by atoms with van der Waals surface area (Å²) < 4.78 is 36.2. The molecular formula is C26H24N2O5S. The average Bonchev–Trinajstić information content (AvgIpc) is 2.81. The fourth-order valence-electron chi connectivity index (χ4n) is 2.97. The lowest BCUT2D eigenvalue weighted by Crippen LogP contribution is -2.13. The summed E-state index contributed by atoms with van der Waals surface area (Å²) in [5.41, 5.74) is 2.88. The molecule has 0 aliphatic heterocycles. The lowest BCUT2D eigenvalue weighted by Gasteiger charge is -2.13. The predicted molar refractivity (Wildman–Crippen MR) is 130 cm³/mol. The number of aryl methyl sites for hydroxylation is 2. The van der Waals surface area contributed by atoms with Gasteiger partial charge in [-0.25, -0.2) is 0 Å². The van der Waals surface area contributed by atoms with Crippen LogP contribution in [-0.4, -0.2) is 20.9 Å². The lowest BCUT2D eigenvalue weighted by atomic mass is 10.1. The van der Waals surface area contributed by atoms with Crippen LogP contribution in [0, 0.1) is 25.2 Å². The highest BCUT2D eigenvalue weighted by Gasteiger charge is 2.20. The Morgan fingerprint density at radius 3 is 2.18 bits per heavy atom. The van der Waals surface area contributed by atoms with Gasteiger partial charge < -0.3 is 14.2 Å². The van der Waals surface area contributed by atoms with Gasteiger partial charge in [-0.2, -0.15) is 13.7 Å². The molecule has 0 bridgehead atoms. The van der Waals surface area contributed by atoms with Crippen molar-refractivity contribution >= 4 is 27.8 Å². The fourth-order valence-corrected chi connectivity index (χ4v) is 3.91. The number of amides is 1. The maximum atomic E-state index is 12.7. The summed E-state index contributed by atoms with van der Waals surface area (Å²) in [6.45, 7) is 5.79. The van der Waals surface area contributed by atoms with Crippen molar-refractivity contribution in [3.8, 4) is 17.6 Å². The molecule has 0 aromatic heterocycles. The summed E-state index contributed by atoms with van der Waals surface area (Å²) >= 11 is 0. The van der Waals surface area contributed by atoms with E-state index in [0.717, 1.165) is 11.1 Å². The van der Waals surface area contributed by atoms with Gasteiger partial charge in [-0.3, -0.25) is 4.79 Å². The van der Waals surface area contributed by atoms with Gasteiger partial charge in [-0.1, -0.05) is 41.5 Å². The van der Waals surface area contributed by atoms with Crippen LogP contribution in [0.1, 0.15) is 23.6 Å². The Bertz CT molecular complexity index is 1350. The van der Waals surface area contributed by atoms with Gasteiger partial charge in [-0.15, -0.1) is 0 Å². The first-order valence-corrected chi connectivity index (χ1v) is 11.9. The normalized spacial score (nSPS) is 11.4. The number of carbonyl (C=O) groups excluding carboxylic acids is 1. The molecule has 0 aliphatic carbocycles. The van der Waals surface area contributed by atoms with E-state index in [1.807, 2.05) is 32.0 Å². The summed E-state index contributed by atoms with van der Waals surface area (Å²) in [6, 6.07) is 19.9. The third kappa shape index (κ3) is 6.24. The maximum absolute atomic E-state index is 12.7. The molecule has 0 atom stereocenters. The molecule has 0 radical (unpaired) electrons. The van der Waals surface area contributed by atoms with Crippen LogP contribution in [0.25, 0.3) is 6.08 Å². The maximum Gasteiger partial charge on any atom is 0.339 e. The molecule has 0 saturated carbocycles. The molecule has 0 fully saturated rings. The fraction of sp³-hybridized carbons (Fsp3) is 0.154. The highest BCUT2D eigenvalue weighted by molar-refractivity contribution is 7.87. The highest BCUT2D eigenvalue weighted by atomic mass is 32.2. The first-order chi connectivity index (χ1) is 16.2. The SMILES string of the molecule is CCOc1cc(/C=C(\C#N)C(=O)Nc2ccc(C)cc2)ccc1OS(=O)(=O)c1ccc(C)cc1. The molecule has 0 aliphatic rings. The Kier molecular flexibility index (Phi) is 7.71. The van der Waals surface area contributed by atoms with Gasteiger partial charge in [0.25, 0.3) is 5.91 Å². The zero-order chi connectivity index (χ0) is 24.7. The minimum Gasteiger partial charge on any atom is -0.490 e. The Labute approximate surface area is 199 Å². The number of nitrogens with zero attached hydrogens (tertiary/aromatic N) is 1. The highest BCUT2D eigenvalue weighted by Crippen LogP contribution is 2.32. The summed E-state index contributed by atoms with van der Waals surface area (Å²) in [4.78, 5) is 12.6. The minimum atomic E-state index is -4.07. The van der Waals surface area contributed by atoms with Gasteiger partial charge >= 0.3 is 10.1 Å². The number of nitriles is 1. The minimum absolute atomic E-state index is 0.00203. The number of ether oxygens (including phenoxy) is 1.